The number of hydrogen-bond acceptors (Lipinski definition) is 2. The lowest BCUT2D eigenvalue weighted by atomic mass is 9.87. The van der Waals surface area contributed by atoms with Crippen LogP contribution in [0.2, 0.25) is 0 Å². The minimum Gasteiger partial charge on any atom is -0.480 e. The van der Waals surface area contributed by atoms with Crippen molar-refractivity contribution in [2.24, 2.45) is 15.9 Å². The molecule has 0 unspecified atom stereocenters. The Labute approximate surface area is 127 Å². The fraction of sp³-hybridized carbons (Fsp3) is 0.875. The molecule has 2 aliphatic rings. The molecule has 4 nitrogen and oxygen atoms in total. The van der Waals surface area contributed by atoms with E-state index in [1.165, 1.54) is 25.7 Å². The third-order valence-corrected chi connectivity index (χ3v) is 4.30. The summed E-state index contributed by atoms with van der Waals surface area (Å²) in [6, 6.07) is 0.429. The van der Waals surface area contributed by atoms with E-state index in [2.05, 4.69) is 22.2 Å². The van der Waals surface area contributed by atoms with Crippen LogP contribution in [-0.4, -0.2) is 37.7 Å². The summed E-state index contributed by atoms with van der Waals surface area (Å²) in [4.78, 5) is 8.67. The van der Waals surface area contributed by atoms with E-state index >= 15 is 0 Å². The molecule has 2 atom stereocenters. The molecule has 0 aromatic heterocycles. The van der Waals surface area contributed by atoms with E-state index in [-0.39, 0.29) is 6.67 Å². The van der Waals surface area contributed by atoms with Gasteiger partial charge in [0.05, 0.1) is 12.8 Å². The van der Waals surface area contributed by atoms with E-state index in [0.717, 1.165) is 31.6 Å². The fourth-order valence-corrected chi connectivity index (χ4v) is 2.79. The van der Waals surface area contributed by atoms with Crippen LogP contribution in [0.15, 0.2) is 9.98 Å². The number of ether oxygens (including phenoxy) is 1. The first-order chi connectivity index (χ1) is 10.3. The third kappa shape index (κ3) is 6.02. The minimum atomic E-state index is -0.334. The summed E-state index contributed by atoms with van der Waals surface area (Å²) >= 11 is 0. The zero-order chi connectivity index (χ0) is 14.9. The predicted octanol–water partition coefficient (Wildman–Crippen LogP) is 3.47. The minimum absolute atomic E-state index is 0.329. The van der Waals surface area contributed by atoms with Crippen molar-refractivity contribution >= 4 is 12.4 Å². The Hall–Kier alpha value is -1.13. The van der Waals surface area contributed by atoms with Crippen LogP contribution in [0, 0.1) is 5.92 Å². The van der Waals surface area contributed by atoms with E-state index in [1.807, 2.05) is 0 Å². The maximum Gasteiger partial charge on any atom is 0.221 e. The molecule has 0 aliphatic heterocycles. The average molecular weight is 297 g/mol. The van der Waals surface area contributed by atoms with Crippen LogP contribution in [0.4, 0.5) is 4.39 Å². The number of alkyl halides is 1. The van der Waals surface area contributed by atoms with E-state index in [9.17, 15) is 4.39 Å². The second-order valence-corrected chi connectivity index (χ2v) is 6.28. The van der Waals surface area contributed by atoms with Crippen molar-refractivity contribution in [2.75, 3.05) is 13.2 Å². The van der Waals surface area contributed by atoms with E-state index < -0.39 is 0 Å². The molecular formula is C16H28FN3O. The van der Waals surface area contributed by atoms with Crippen molar-refractivity contribution in [3.05, 3.63) is 0 Å². The number of aliphatic imine (C=N–C) groups is 2. The Morgan fingerprint density at radius 2 is 2.10 bits per heavy atom. The molecular weight excluding hydrogens is 269 g/mol. The van der Waals surface area contributed by atoms with E-state index in [1.54, 1.807) is 0 Å². The molecule has 2 rings (SSSR count). The van der Waals surface area contributed by atoms with Crippen LogP contribution < -0.4 is 5.32 Å². The predicted molar refractivity (Wildman–Crippen MR) is 84.7 cm³/mol. The van der Waals surface area contributed by atoms with E-state index in [0.29, 0.717) is 31.1 Å². The molecule has 0 aromatic carbocycles. The molecule has 2 fully saturated rings. The van der Waals surface area contributed by atoms with Crippen LogP contribution in [0.1, 0.15) is 58.3 Å². The molecule has 0 spiro atoms. The number of rotatable bonds is 6. The molecule has 2 saturated carbocycles. The van der Waals surface area contributed by atoms with Gasteiger partial charge in [0.1, 0.15) is 0 Å². The van der Waals surface area contributed by atoms with Gasteiger partial charge in [0.25, 0.3) is 0 Å². The number of guanidine groups is 1. The van der Waals surface area contributed by atoms with Crippen molar-refractivity contribution in [2.45, 2.75) is 70.4 Å². The van der Waals surface area contributed by atoms with Crippen LogP contribution in [0.5, 0.6) is 0 Å². The third-order valence-electron chi connectivity index (χ3n) is 4.30. The summed E-state index contributed by atoms with van der Waals surface area (Å²) < 4.78 is 17.8. The van der Waals surface area contributed by atoms with Gasteiger partial charge in [-0.3, -0.25) is 9.38 Å². The van der Waals surface area contributed by atoms with Crippen molar-refractivity contribution in [1.82, 2.24) is 5.32 Å². The molecule has 2 aliphatic carbocycles. The Bertz CT molecular complexity index is 355. The number of hydrogen-bond donors (Lipinski definition) is 1. The molecule has 0 heterocycles. The molecule has 5 heteroatoms. The first-order valence-electron chi connectivity index (χ1n) is 8.33. The highest BCUT2D eigenvalue weighted by Crippen LogP contribution is 2.23. The number of halogens is 1. The maximum absolute atomic E-state index is 12.2. The Balaban J connectivity index is 1.82. The molecule has 0 aromatic rings. The summed E-state index contributed by atoms with van der Waals surface area (Å²) in [6.07, 6.45) is 10.6. The highest BCUT2D eigenvalue weighted by molar-refractivity contribution is 5.86. The Morgan fingerprint density at radius 1 is 1.29 bits per heavy atom. The topological polar surface area (TPSA) is 46.0 Å². The van der Waals surface area contributed by atoms with Gasteiger partial charge in [0.2, 0.25) is 5.96 Å². The van der Waals surface area contributed by atoms with Crippen molar-refractivity contribution in [1.29, 1.82) is 0 Å². The highest BCUT2D eigenvalue weighted by Gasteiger charge is 2.20. The summed E-state index contributed by atoms with van der Waals surface area (Å²) in [5.41, 5.74) is 0. The van der Waals surface area contributed by atoms with Crippen LogP contribution >= 0.6 is 0 Å². The van der Waals surface area contributed by atoms with Crippen LogP contribution in [0.25, 0.3) is 0 Å². The molecule has 0 radical (unpaired) electrons. The van der Waals surface area contributed by atoms with Gasteiger partial charge in [-0.15, -0.1) is 0 Å². The summed E-state index contributed by atoms with van der Waals surface area (Å²) in [5, 5.41) is 3.40. The van der Waals surface area contributed by atoms with Gasteiger partial charge >= 0.3 is 0 Å². The van der Waals surface area contributed by atoms with Gasteiger partial charge in [-0.2, -0.15) is 4.99 Å². The number of nitrogens with one attached hydrogen (secondary N) is 1. The molecule has 0 bridgehead atoms. The largest absolute Gasteiger partial charge is 0.480 e. The summed E-state index contributed by atoms with van der Waals surface area (Å²) in [5.74, 6) is 1.35. The van der Waals surface area contributed by atoms with Gasteiger partial charge in [-0.05, 0) is 44.4 Å². The molecule has 21 heavy (non-hydrogen) atoms. The quantitative estimate of drug-likeness (QED) is 0.463. The van der Waals surface area contributed by atoms with E-state index in [4.69, 9.17) is 4.74 Å². The van der Waals surface area contributed by atoms with Gasteiger partial charge < -0.3 is 10.1 Å². The molecule has 0 saturated heterocycles. The standard InChI is InChI=1S/C16H28FN3O/c1-13-5-2-6-14(11-13)20-16(18-10-4-9-17)19-12-21-15-7-3-8-15/h12-15H,2-11H2,1H3,(H,18,20)/b19-12-/t13-,14+/m0/s1. The molecule has 1 N–H and O–H groups in total. The Morgan fingerprint density at radius 3 is 2.76 bits per heavy atom. The lowest BCUT2D eigenvalue weighted by Crippen LogP contribution is -2.37. The van der Waals surface area contributed by atoms with Crippen molar-refractivity contribution < 1.29 is 9.13 Å². The van der Waals surface area contributed by atoms with Crippen LogP contribution in [0.3, 0.4) is 0 Å². The van der Waals surface area contributed by atoms with Gasteiger partial charge in [0, 0.05) is 12.6 Å². The molecule has 0 amide bonds. The maximum atomic E-state index is 12.2. The summed E-state index contributed by atoms with van der Waals surface area (Å²) in [7, 11) is 0. The van der Waals surface area contributed by atoms with Gasteiger partial charge in [0.15, 0.2) is 6.40 Å². The zero-order valence-corrected chi connectivity index (χ0v) is 13.1. The van der Waals surface area contributed by atoms with Gasteiger partial charge in [-0.25, -0.2) is 0 Å². The van der Waals surface area contributed by atoms with Gasteiger partial charge in [-0.1, -0.05) is 19.8 Å². The second-order valence-electron chi connectivity index (χ2n) is 6.28. The normalized spacial score (nSPS) is 27.6. The van der Waals surface area contributed by atoms with Crippen molar-refractivity contribution in [3.8, 4) is 0 Å². The first-order valence-corrected chi connectivity index (χ1v) is 8.33. The second kappa shape index (κ2) is 9.00. The highest BCUT2D eigenvalue weighted by atomic mass is 19.1. The van der Waals surface area contributed by atoms with Crippen LogP contribution in [-0.2, 0) is 4.74 Å². The summed E-state index contributed by atoms with van der Waals surface area (Å²) in [6.45, 7) is 2.43. The lowest BCUT2D eigenvalue weighted by Gasteiger charge is -2.28. The molecule has 120 valence electrons. The zero-order valence-electron chi connectivity index (χ0n) is 13.1. The SMILES string of the molecule is C[C@H]1CCC[C@@H](NC(/N=C\OC2CCC2)=N/CCCF)C1. The average Bonchev–Trinajstić information content (AvgIpc) is 2.41. The number of nitrogens with zero attached hydrogens (tertiary/aromatic N) is 2. The smallest absolute Gasteiger partial charge is 0.221 e. The lowest BCUT2D eigenvalue weighted by molar-refractivity contribution is 0.116. The Kier molecular flexibility index (Phi) is 6.96. The fourth-order valence-electron chi connectivity index (χ4n) is 2.79. The van der Waals surface area contributed by atoms with Crippen molar-refractivity contribution in [3.63, 3.8) is 0 Å². The monoisotopic (exact) mass is 297 g/mol. The first kappa shape index (κ1) is 16.2.